The third-order valence-electron chi connectivity index (χ3n) is 2.90. The van der Waals surface area contributed by atoms with Crippen LogP contribution in [0.1, 0.15) is 5.69 Å². The summed E-state index contributed by atoms with van der Waals surface area (Å²) >= 11 is 3.03. The zero-order valence-corrected chi connectivity index (χ0v) is 16.3. The number of nitrogens with zero attached hydrogens (tertiary/aromatic N) is 4. The van der Waals surface area contributed by atoms with Crippen molar-refractivity contribution in [3.63, 3.8) is 0 Å². The Hall–Kier alpha value is -2.82. The molecule has 0 unspecified atom stereocenters. The summed E-state index contributed by atoms with van der Waals surface area (Å²) in [4.78, 5) is 7.83. The van der Waals surface area contributed by atoms with Gasteiger partial charge < -0.3 is 11.1 Å². The van der Waals surface area contributed by atoms with E-state index in [1.807, 2.05) is 5.48 Å². The molecule has 1 aromatic heterocycles. The second-order valence-corrected chi connectivity index (χ2v) is 7.12. The van der Waals surface area contributed by atoms with Crippen LogP contribution < -0.4 is 26.4 Å². The van der Waals surface area contributed by atoms with Gasteiger partial charge in [0.15, 0.2) is 11.5 Å². The summed E-state index contributed by atoms with van der Waals surface area (Å²) in [5.41, 5.74) is 7.54. The van der Waals surface area contributed by atoms with Gasteiger partial charge >= 0.3 is 0 Å². The molecule has 0 aliphatic carbocycles. The normalized spacial score (nSPS) is 12.7. The van der Waals surface area contributed by atoms with Gasteiger partial charge in [-0.25, -0.2) is 23.9 Å². The number of nitrogens with two attached hydrogens (primary N) is 2. The number of rotatable bonds is 7. The fourth-order valence-electron chi connectivity index (χ4n) is 1.80. The SMILES string of the molecule is NC(=NCCNc1nonc1C(=Nc1ccc(F)c(Br)c1)NO)NS(N)(=O)=O. The third kappa shape index (κ3) is 6.41. The molecule has 1 heterocycles. The maximum atomic E-state index is 13.3. The molecule has 152 valence electrons. The van der Waals surface area contributed by atoms with Gasteiger partial charge in [0.05, 0.1) is 16.7 Å². The second kappa shape index (κ2) is 9.40. The summed E-state index contributed by atoms with van der Waals surface area (Å²) < 4.78 is 41.5. The number of aliphatic imine (C=N–C) groups is 2. The van der Waals surface area contributed by atoms with Gasteiger partial charge in [-0.1, -0.05) is 0 Å². The van der Waals surface area contributed by atoms with Crippen LogP contribution in [0.3, 0.4) is 0 Å². The van der Waals surface area contributed by atoms with Gasteiger partial charge in [-0.2, -0.15) is 8.42 Å². The molecule has 0 fully saturated rings. The molecule has 2 aromatic rings. The van der Waals surface area contributed by atoms with E-state index in [1.54, 1.807) is 4.72 Å². The first-order valence-electron chi connectivity index (χ1n) is 7.30. The molecule has 0 amide bonds. The molecule has 0 aliphatic heterocycles. The van der Waals surface area contributed by atoms with E-state index < -0.39 is 16.0 Å². The molecule has 0 spiro atoms. The smallest absolute Gasteiger partial charge is 0.298 e. The van der Waals surface area contributed by atoms with Crippen LogP contribution in [-0.2, 0) is 10.2 Å². The van der Waals surface area contributed by atoms with E-state index in [0.717, 1.165) is 0 Å². The first-order valence-corrected chi connectivity index (χ1v) is 9.64. The first-order chi connectivity index (χ1) is 13.2. The molecule has 16 heteroatoms. The molecule has 13 nitrogen and oxygen atoms in total. The average molecular weight is 480 g/mol. The van der Waals surface area contributed by atoms with Gasteiger partial charge in [0.25, 0.3) is 10.2 Å². The summed E-state index contributed by atoms with van der Waals surface area (Å²) in [5.74, 6) is -0.876. The van der Waals surface area contributed by atoms with Crippen molar-refractivity contribution in [3.8, 4) is 0 Å². The van der Waals surface area contributed by atoms with Crippen LogP contribution in [0, 0.1) is 5.82 Å². The lowest BCUT2D eigenvalue weighted by Gasteiger charge is -2.05. The maximum absolute atomic E-state index is 13.3. The Morgan fingerprint density at radius 1 is 1.39 bits per heavy atom. The third-order valence-corrected chi connectivity index (χ3v) is 4.00. The molecule has 0 saturated heterocycles. The molecule has 0 radical (unpaired) electrons. The van der Waals surface area contributed by atoms with Gasteiger partial charge in [0.2, 0.25) is 11.8 Å². The predicted octanol–water partition coefficient (Wildman–Crippen LogP) is -0.452. The number of benzene rings is 1. The number of nitrogens with one attached hydrogen (secondary N) is 3. The summed E-state index contributed by atoms with van der Waals surface area (Å²) in [6, 6.07) is 3.97. The Kier molecular flexibility index (Phi) is 7.21. The highest BCUT2D eigenvalue weighted by molar-refractivity contribution is 9.10. The molecule has 1 aromatic carbocycles. The van der Waals surface area contributed by atoms with Gasteiger partial charge in [-0.05, 0) is 44.4 Å². The Morgan fingerprint density at radius 2 is 2.14 bits per heavy atom. The van der Waals surface area contributed by atoms with Gasteiger partial charge in [0.1, 0.15) is 5.82 Å². The fraction of sp³-hybridized carbons (Fsp3) is 0.167. The van der Waals surface area contributed by atoms with E-state index in [2.05, 4.69) is 46.2 Å². The number of hydroxylamine groups is 1. The minimum absolute atomic E-state index is 0.0301. The van der Waals surface area contributed by atoms with Crippen molar-refractivity contribution in [2.75, 3.05) is 18.4 Å². The lowest BCUT2D eigenvalue weighted by Crippen LogP contribution is -2.41. The minimum Gasteiger partial charge on any atom is -0.369 e. The van der Waals surface area contributed by atoms with Gasteiger partial charge in [-0.15, -0.1) is 0 Å². The van der Waals surface area contributed by atoms with E-state index in [4.69, 9.17) is 10.9 Å². The Bertz CT molecular complexity index is 995. The number of anilines is 1. The van der Waals surface area contributed by atoms with Crippen LogP contribution in [0.15, 0.2) is 37.3 Å². The lowest BCUT2D eigenvalue weighted by atomic mass is 10.3. The van der Waals surface area contributed by atoms with E-state index in [9.17, 15) is 18.0 Å². The van der Waals surface area contributed by atoms with E-state index in [0.29, 0.717) is 5.69 Å². The predicted molar refractivity (Wildman–Crippen MR) is 101 cm³/mol. The monoisotopic (exact) mass is 479 g/mol. The quantitative estimate of drug-likeness (QED) is 0.131. The molecular formula is C12H15BrFN9O4S. The molecule has 0 bridgehead atoms. The molecule has 28 heavy (non-hydrogen) atoms. The Labute approximate surface area is 166 Å². The zero-order chi connectivity index (χ0) is 20.7. The van der Waals surface area contributed by atoms with Crippen LogP contribution in [0.2, 0.25) is 0 Å². The Morgan fingerprint density at radius 3 is 2.79 bits per heavy atom. The standard InChI is InChI=1S/C12H15BrFN9O4S/c13-7-5-6(1-2-8(7)14)19-11(20-24)9-10(22-27-21-9)17-3-4-18-12(15)23-28(16,25)26/h1-2,5,24H,3-4H2,(H,17,22)(H,19,20)(H3,15,18,23)(H2,16,25,26). The molecule has 2 rings (SSSR count). The molecule has 0 aliphatic rings. The van der Waals surface area contributed by atoms with E-state index in [-0.39, 0.29) is 40.9 Å². The first kappa shape index (κ1) is 21.5. The van der Waals surface area contributed by atoms with Crippen LogP contribution >= 0.6 is 15.9 Å². The summed E-state index contributed by atoms with van der Waals surface area (Å²) in [6.07, 6.45) is 0. The number of halogens is 2. The maximum Gasteiger partial charge on any atom is 0.298 e. The van der Waals surface area contributed by atoms with Crippen LogP contribution in [0.4, 0.5) is 15.9 Å². The van der Waals surface area contributed by atoms with Crippen molar-refractivity contribution in [1.29, 1.82) is 0 Å². The summed E-state index contributed by atoms with van der Waals surface area (Å²) in [6.45, 7) is 0.194. The summed E-state index contributed by atoms with van der Waals surface area (Å²) in [5, 5.41) is 24.1. The molecule has 8 N–H and O–H groups in total. The largest absolute Gasteiger partial charge is 0.369 e. The molecule has 0 saturated carbocycles. The Balaban J connectivity index is 2.07. The number of amidine groups is 1. The number of hydrogen-bond donors (Lipinski definition) is 6. The highest BCUT2D eigenvalue weighted by Gasteiger charge is 2.16. The van der Waals surface area contributed by atoms with Gasteiger partial charge in [0, 0.05) is 6.54 Å². The van der Waals surface area contributed by atoms with Gasteiger partial charge in [-0.3, -0.25) is 15.7 Å². The number of aromatic nitrogens is 2. The zero-order valence-electron chi connectivity index (χ0n) is 13.9. The van der Waals surface area contributed by atoms with Crippen LogP contribution in [0.25, 0.3) is 0 Å². The minimum atomic E-state index is -4.00. The van der Waals surface area contributed by atoms with Crippen molar-refractivity contribution in [3.05, 3.63) is 34.2 Å². The topological polar surface area (TPSA) is 206 Å². The number of guanidine groups is 1. The van der Waals surface area contributed by atoms with E-state index in [1.165, 1.54) is 18.2 Å². The van der Waals surface area contributed by atoms with Crippen molar-refractivity contribution in [2.24, 2.45) is 20.9 Å². The van der Waals surface area contributed by atoms with Crippen LogP contribution in [-0.4, -0.2) is 48.8 Å². The average Bonchev–Trinajstić information content (AvgIpc) is 3.06. The number of hydrogen-bond acceptors (Lipinski definition) is 9. The van der Waals surface area contributed by atoms with Crippen LogP contribution in [0.5, 0.6) is 0 Å². The highest BCUT2D eigenvalue weighted by atomic mass is 79.9. The summed E-state index contributed by atoms with van der Waals surface area (Å²) in [7, 11) is -4.00. The second-order valence-electron chi connectivity index (χ2n) is 4.97. The highest BCUT2D eigenvalue weighted by Crippen LogP contribution is 2.23. The van der Waals surface area contributed by atoms with Crippen molar-refractivity contribution in [2.45, 2.75) is 0 Å². The van der Waals surface area contributed by atoms with Crippen molar-refractivity contribution in [1.82, 2.24) is 20.5 Å². The van der Waals surface area contributed by atoms with E-state index >= 15 is 0 Å². The molecular weight excluding hydrogens is 465 g/mol. The lowest BCUT2D eigenvalue weighted by molar-refractivity contribution is 0.234. The van der Waals surface area contributed by atoms with Crippen molar-refractivity contribution < 1.29 is 22.6 Å². The van der Waals surface area contributed by atoms with Crippen molar-refractivity contribution >= 4 is 49.4 Å². The molecule has 0 atom stereocenters. The fourth-order valence-corrected chi connectivity index (χ4v) is 2.53.